The van der Waals surface area contributed by atoms with Gasteiger partial charge >= 0.3 is 0 Å². The lowest BCUT2D eigenvalue weighted by molar-refractivity contribution is 0.0946. The number of aryl methyl sites for hydroxylation is 1. The first-order valence-electron chi connectivity index (χ1n) is 10.3. The molecule has 9 heteroatoms. The van der Waals surface area contributed by atoms with Crippen molar-refractivity contribution < 1.29 is 9.90 Å². The van der Waals surface area contributed by atoms with Crippen molar-refractivity contribution in [1.82, 2.24) is 29.7 Å². The van der Waals surface area contributed by atoms with Crippen molar-refractivity contribution in [2.24, 2.45) is 0 Å². The van der Waals surface area contributed by atoms with Crippen LogP contribution in [0.2, 0.25) is 0 Å². The summed E-state index contributed by atoms with van der Waals surface area (Å²) >= 11 is 0. The molecule has 0 aliphatic carbocycles. The van der Waals surface area contributed by atoms with Crippen LogP contribution in [-0.2, 0) is 6.54 Å². The van der Waals surface area contributed by atoms with E-state index in [9.17, 15) is 9.90 Å². The SMILES string of the molecule is Cc1ccc(-c2cnn(-c3cc(C(=O)NCc4ccc(O)c(N)c4)nc4ccnn34)c2)cc1. The van der Waals surface area contributed by atoms with Crippen molar-refractivity contribution in [3.8, 4) is 22.7 Å². The molecule has 9 nitrogen and oxygen atoms in total. The van der Waals surface area contributed by atoms with E-state index in [1.807, 2.05) is 25.3 Å². The van der Waals surface area contributed by atoms with Crippen LogP contribution < -0.4 is 11.1 Å². The first-order chi connectivity index (χ1) is 16.0. The maximum atomic E-state index is 12.9. The van der Waals surface area contributed by atoms with Gasteiger partial charge in [-0.25, -0.2) is 9.67 Å². The third kappa shape index (κ3) is 3.99. The van der Waals surface area contributed by atoms with E-state index in [0.717, 1.165) is 16.7 Å². The number of phenols is 1. The van der Waals surface area contributed by atoms with Crippen LogP contribution in [0.3, 0.4) is 0 Å². The number of aromatic hydroxyl groups is 1. The van der Waals surface area contributed by atoms with Gasteiger partial charge in [0.1, 0.15) is 11.4 Å². The Bertz CT molecular complexity index is 1470. The van der Waals surface area contributed by atoms with Crippen LogP contribution in [0.25, 0.3) is 22.6 Å². The molecule has 0 saturated heterocycles. The van der Waals surface area contributed by atoms with E-state index in [-0.39, 0.29) is 29.6 Å². The lowest BCUT2D eigenvalue weighted by atomic mass is 10.1. The highest BCUT2D eigenvalue weighted by atomic mass is 16.3. The number of nitrogens with two attached hydrogens (primary N) is 1. The smallest absolute Gasteiger partial charge is 0.270 e. The van der Waals surface area contributed by atoms with Gasteiger partial charge in [0.05, 0.1) is 18.1 Å². The normalized spacial score (nSPS) is 11.1. The summed E-state index contributed by atoms with van der Waals surface area (Å²) in [6.45, 7) is 2.28. The molecule has 4 N–H and O–H groups in total. The lowest BCUT2D eigenvalue weighted by Gasteiger charge is -2.09. The fourth-order valence-corrected chi connectivity index (χ4v) is 3.51. The summed E-state index contributed by atoms with van der Waals surface area (Å²) in [5.74, 6) is 0.242. The van der Waals surface area contributed by atoms with E-state index in [0.29, 0.717) is 11.5 Å². The van der Waals surface area contributed by atoms with Crippen molar-refractivity contribution in [2.45, 2.75) is 13.5 Å². The van der Waals surface area contributed by atoms with Crippen molar-refractivity contribution in [3.05, 3.63) is 90.0 Å². The zero-order chi connectivity index (χ0) is 22.9. The topological polar surface area (TPSA) is 123 Å². The summed E-state index contributed by atoms with van der Waals surface area (Å²) in [6.07, 6.45) is 5.29. The van der Waals surface area contributed by atoms with Gasteiger partial charge in [0.2, 0.25) is 0 Å². The Labute approximate surface area is 189 Å². The zero-order valence-electron chi connectivity index (χ0n) is 17.8. The van der Waals surface area contributed by atoms with Gasteiger partial charge in [0.15, 0.2) is 11.5 Å². The van der Waals surface area contributed by atoms with E-state index in [2.05, 4.69) is 32.6 Å². The minimum atomic E-state index is -0.350. The molecule has 0 saturated carbocycles. The Morgan fingerprint density at radius 1 is 1.06 bits per heavy atom. The number of nitrogen functional groups attached to an aromatic ring is 1. The number of aromatic nitrogens is 5. The summed E-state index contributed by atoms with van der Waals surface area (Å²) < 4.78 is 3.30. The third-order valence-electron chi connectivity index (χ3n) is 5.32. The standard InChI is InChI=1S/C24H21N7O2/c1-15-2-5-17(6-3-15)18-13-28-30(14-18)23-11-20(29-22-8-9-27-31(22)23)24(33)26-12-16-4-7-21(32)19(25)10-16/h2-11,13-14,32H,12,25H2,1H3,(H,26,33). The van der Waals surface area contributed by atoms with Crippen molar-refractivity contribution >= 4 is 17.2 Å². The average Bonchev–Trinajstić information content (AvgIpc) is 3.49. The minimum Gasteiger partial charge on any atom is -0.506 e. The van der Waals surface area contributed by atoms with Crippen molar-refractivity contribution in [3.63, 3.8) is 0 Å². The molecule has 2 aromatic carbocycles. The Hall–Kier alpha value is -4.66. The van der Waals surface area contributed by atoms with Crippen LogP contribution in [0.4, 0.5) is 5.69 Å². The molecule has 0 spiro atoms. The van der Waals surface area contributed by atoms with Crippen LogP contribution in [0.15, 0.2) is 73.2 Å². The second-order valence-electron chi connectivity index (χ2n) is 7.72. The van der Waals surface area contributed by atoms with Crippen LogP contribution in [-0.4, -0.2) is 35.4 Å². The summed E-state index contributed by atoms with van der Waals surface area (Å²) in [5.41, 5.74) is 10.7. The fraction of sp³-hybridized carbons (Fsp3) is 0.0833. The highest BCUT2D eigenvalue weighted by Gasteiger charge is 2.15. The van der Waals surface area contributed by atoms with Gasteiger partial charge in [-0.1, -0.05) is 35.9 Å². The summed E-state index contributed by atoms with van der Waals surface area (Å²) in [6, 6.07) is 16.4. The number of nitrogens with one attached hydrogen (secondary N) is 1. The predicted molar refractivity (Wildman–Crippen MR) is 124 cm³/mol. The van der Waals surface area contributed by atoms with Gasteiger partial charge in [0, 0.05) is 30.4 Å². The first kappa shape index (κ1) is 20.3. The number of rotatable bonds is 5. The number of hydrogen-bond donors (Lipinski definition) is 3. The Morgan fingerprint density at radius 2 is 1.88 bits per heavy atom. The molecule has 0 radical (unpaired) electrons. The predicted octanol–water partition coefficient (Wildman–Crippen LogP) is 3.11. The van der Waals surface area contributed by atoms with Gasteiger partial charge in [0.25, 0.3) is 5.91 Å². The summed E-state index contributed by atoms with van der Waals surface area (Å²) in [4.78, 5) is 17.3. The first-order valence-corrected chi connectivity index (χ1v) is 10.3. The molecular weight excluding hydrogens is 418 g/mol. The van der Waals surface area contributed by atoms with Crippen molar-refractivity contribution in [2.75, 3.05) is 5.73 Å². The van der Waals surface area contributed by atoms with Crippen molar-refractivity contribution in [1.29, 1.82) is 0 Å². The highest BCUT2D eigenvalue weighted by Crippen LogP contribution is 2.22. The van der Waals surface area contributed by atoms with Crippen LogP contribution in [0.1, 0.15) is 21.6 Å². The maximum absolute atomic E-state index is 12.9. The molecular formula is C24H21N7O2. The number of benzene rings is 2. The van der Waals surface area contributed by atoms with E-state index in [1.165, 1.54) is 11.6 Å². The zero-order valence-corrected chi connectivity index (χ0v) is 17.8. The van der Waals surface area contributed by atoms with E-state index < -0.39 is 0 Å². The Balaban J connectivity index is 1.44. The minimum absolute atomic E-state index is 0.00629. The van der Waals surface area contributed by atoms with Gasteiger partial charge < -0.3 is 16.2 Å². The molecule has 3 aromatic heterocycles. The van der Waals surface area contributed by atoms with Gasteiger partial charge in [-0.05, 0) is 30.2 Å². The number of amides is 1. The van der Waals surface area contributed by atoms with E-state index in [1.54, 1.807) is 45.9 Å². The number of fused-ring (bicyclic) bond motifs is 1. The Morgan fingerprint density at radius 3 is 2.67 bits per heavy atom. The monoisotopic (exact) mass is 439 g/mol. The number of nitrogens with zero attached hydrogens (tertiary/aromatic N) is 5. The summed E-state index contributed by atoms with van der Waals surface area (Å²) in [7, 11) is 0. The molecule has 0 fully saturated rings. The molecule has 0 atom stereocenters. The number of carbonyl (C=O) groups is 1. The van der Waals surface area contributed by atoms with Gasteiger partial charge in [-0.2, -0.15) is 14.7 Å². The van der Waals surface area contributed by atoms with Crippen LogP contribution >= 0.6 is 0 Å². The molecule has 33 heavy (non-hydrogen) atoms. The molecule has 0 aliphatic heterocycles. The number of carbonyl (C=O) groups excluding carboxylic acids is 1. The molecule has 5 aromatic rings. The third-order valence-corrected chi connectivity index (χ3v) is 5.32. The molecule has 0 bridgehead atoms. The summed E-state index contributed by atoms with van der Waals surface area (Å²) in [5, 5.41) is 21.2. The molecule has 5 rings (SSSR count). The molecule has 164 valence electrons. The second kappa shape index (κ2) is 8.12. The quantitative estimate of drug-likeness (QED) is 0.286. The molecule has 0 aliphatic rings. The number of anilines is 1. The molecule has 1 amide bonds. The van der Waals surface area contributed by atoms with Crippen LogP contribution in [0.5, 0.6) is 5.75 Å². The lowest BCUT2D eigenvalue weighted by Crippen LogP contribution is -2.24. The highest BCUT2D eigenvalue weighted by molar-refractivity contribution is 5.93. The van der Waals surface area contributed by atoms with E-state index in [4.69, 9.17) is 5.73 Å². The second-order valence-corrected chi connectivity index (χ2v) is 7.72. The van der Waals surface area contributed by atoms with Crippen LogP contribution in [0, 0.1) is 6.92 Å². The fourth-order valence-electron chi connectivity index (χ4n) is 3.51. The van der Waals surface area contributed by atoms with Gasteiger partial charge in [-0.15, -0.1) is 0 Å². The molecule has 0 unspecified atom stereocenters. The Kier molecular flexibility index (Phi) is 4.98. The average molecular weight is 439 g/mol. The maximum Gasteiger partial charge on any atom is 0.270 e. The largest absolute Gasteiger partial charge is 0.506 e. The van der Waals surface area contributed by atoms with Gasteiger partial charge in [-0.3, -0.25) is 4.79 Å². The molecule has 3 heterocycles. The number of phenolic OH excluding ortho intramolecular Hbond substituents is 1. The number of hydrogen-bond acceptors (Lipinski definition) is 6. The van der Waals surface area contributed by atoms with E-state index >= 15 is 0 Å².